The third kappa shape index (κ3) is 1.96. The quantitative estimate of drug-likeness (QED) is 0.459. The zero-order valence-corrected chi connectivity index (χ0v) is 12.7. The van der Waals surface area contributed by atoms with E-state index in [1.54, 1.807) is 7.11 Å². The lowest BCUT2D eigenvalue weighted by Gasteiger charge is -2.04. The summed E-state index contributed by atoms with van der Waals surface area (Å²) < 4.78 is 11.2. The molecule has 108 valence electrons. The van der Waals surface area contributed by atoms with Crippen LogP contribution in [0.1, 0.15) is 0 Å². The van der Waals surface area contributed by atoms with Crippen molar-refractivity contribution >= 4 is 33.5 Å². The van der Waals surface area contributed by atoms with Crippen LogP contribution in [0.5, 0.6) is 5.75 Å². The standard InChI is InChI=1S/C19H13ClO2/c1-21-13-10-15(20)19-17(11-13)22-16-9-5-8-14(18(16)19)12-6-3-2-4-7-12/h2-11H,1H3. The highest BCUT2D eigenvalue weighted by molar-refractivity contribution is 6.38. The molecule has 0 N–H and O–H groups in total. The van der Waals surface area contributed by atoms with Gasteiger partial charge in [-0.1, -0.05) is 54.1 Å². The summed E-state index contributed by atoms with van der Waals surface area (Å²) >= 11 is 6.48. The molecule has 0 radical (unpaired) electrons. The molecule has 0 bridgehead atoms. The molecule has 0 saturated carbocycles. The fourth-order valence-electron chi connectivity index (χ4n) is 2.85. The first-order valence-electron chi connectivity index (χ1n) is 7.02. The van der Waals surface area contributed by atoms with Crippen LogP contribution in [0.4, 0.5) is 0 Å². The van der Waals surface area contributed by atoms with Crippen LogP contribution < -0.4 is 4.74 Å². The van der Waals surface area contributed by atoms with Gasteiger partial charge in [0.1, 0.15) is 16.9 Å². The normalized spacial score (nSPS) is 11.2. The Hall–Kier alpha value is -2.45. The van der Waals surface area contributed by atoms with Crippen LogP contribution in [0.15, 0.2) is 65.1 Å². The van der Waals surface area contributed by atoms with Gasteiger partial charge in [0.05, 0.1) is 12.1 Å². The van der Waals surface area contributed by atoms with Crippen LogP contribution in [0.3, 0.4) is 0 Å². The van der Waals surface area contributed by atoms with Crippen molar-refractivity contribution in [1.82, 2.24) is 0 Å². The Bertz CT molecular complexity index is 971. The maximum absolute atomic E-state index is 6.48. The van der Waals surface area contributed by atoms with Gasteiger partial charge >= 0.3 is 0 Å². The molecule has 3 aromatic carbocycles. The van der Waals surface area contributed by atoms with Gasteiger partial charge < -0.3 is 9.15 Å². The number of hydrogen-bond donors (Lipinski definition) is 0. The highest BCUT2D eigenvalue weighted by Gasteiger charge is 2.16. The lowest BCUT2D eigenvalue weighted by molar-refractivity contribution is 0.414. The van der Waals surface area contributed by atoms with Crippen molar-refractivity contribution < 1.29 is 9.15 Å². The van der Waals surface area contributed by atoms with Crippen LogP contribution >= 0.6 is 11.6 Å². The number of fused-ring (bicyclic) bond motifs is 3. The zero-order chi connectivity index (χ0) is 15.1. The van der Waals surface area contributed by atoms with Crippen LogP contribution in [-0.4, -0.2) is 7.11 Å². The third-order valence-electron chi connectivity index (χ3n) is 3.84. The van der Waals surface area contributed by atoms with Crippen LogP contribution in [0.2, 0.25) is 5.02 Å². The molecule has 4 aromatic rings. The molecule has 0 amide bonds. The van der Waals surface area contributed by atoms with Gasteiger partial charge in [-0.15, -0.1) is 0 Å². The highest BCUT2D eigenvalue weighted by atomic mass is 35.5. The van der Waals surface area contributed by atoms with Crippen molar-refractivity contribution in [3.8, 4) is 16.9 Å². The Morgan fingerprint density at radius 1 is 0.864 bits per heavy atom. The largest absolute Gasteiger partial charge is 0.497 e. The van der Waals surface area contributed by atoms with Gasteiger partial charge in [-0.3, -0.25) is 0 Å². The van der Waals surface area contributed by atoms with E-state index < -0.39 is 0 Å². The molecule has 1 heterocycles. The van der Waals surface area contributed by atoms with E-state index in [-0.39, 0.29) is 0 Å². The Balaban J connectivity index is 2.14. The number of benzene rings is 3. The maximum atomic E-state index is 6.48. The minimum Gasteiger partial charge on any atom is -0.497 e. The smallest absolute Gasteiger partial charge is 0.140 e. The molecule has 1 aromatic heterocycles. The summed E-state index contributed by atoms with van der Waals surface area (Å²) in [5, 5.41) is 2.60. The van der Waals surface area contributed by atoms with E-state index in [4.69, 9.17) is 20.8 Å². The average molecular weight is 309 g/mol. The molecule has 0 fully saturated rings. The molecule has 0 atom stereocenters. The lowest BCUT2D eigenvalue weighted by Crippen LogP contribution is -1.83. The van der Waals surface area contributed by atoms with Crippen molar-refractivity contribution in [3.63, 3.8) is 0 Å². The summed E-state index contributed by atoms with van der Waals surface area (Å²) in [4.78, 5) is 0. The summed E-state index contributed by atoms with van der Waals surface area (Å²) in [5.41, 5.74) is 3.82. The predicted octanol–water partition coefficient (Wildman–Crippen LogP) is 5.92. The van der Waals surface area contributed by atoms with Crippen LogP contribution in [0.25, 0.3) is 33.1 Å². The molecular formula is C19H13ClO2. The number of furan rings is 1. The van der Waals surface area contributed by atoms with Crippen LogP contribution in [-0.2, 0) is 0 Å². The summed E-state index contributed by atoms with van der Waals surface area (Å²) in [6.07, 6.45) is 0. The van der Waals surface area contributed by atoms with E-state index in [0.29, 0.717) is 10.8 Å². The van der Waals surface area contributed by atoms with Gasteiger partial charge in [0, 0.05) is 16.8 Å². The van der Waals surface area contributed by atoms with Crippen LogP contribution in [0, 0.1) is 0 Å². The molecule has 0 spiro atoms. The topological polar surface area (TPSA) is 22.4 Å². The third-order valence-corrected chi connectivity index (χ3v) is 4.14. The molecule has 0 unspecified atom stereocenters. The predicted molar refractivity (Wildman–Crippen MR) is 90.7 cm³/mol. The first-order chi connectivity index (χ1) is 10.8. The van der Waals surface area contributed by atoms with Gasteiger partial charge in [0.25, 0.3) is 0 Å². The summed E-state index contributed by atoms with van der Waals surface area (Å²) in [5.74, 6) is 0.692. The number of halogens is 1. The minimum atomic E-state index is 0.636. The first-order valence-corrected chi connectivity index (χ1v) is 7.40. The van der Waals surface area contributed by atoms with E-state index in [0.717, 1.165) is 33.1 Å². The Morgan fingerprint density at radius 2 is 1.68 bits per heavy atom. The first kappa shape index (κ1) is 13.2. The number of rotatable bonds is 2. The van der Waals surface area contributed by atoms with Crippen molar-refractivity contribution in [3.05, 3.63) is 65.7 Å². The van der Waals surface area contributed by atoms with Gasteiger partial charge in [-0.2, -0.15) is 0 Å². The second kappa shape index (κ2) is 5.08. The Kier molecular flexibility index (Phi) is 3.05. The van der Waals surface area contributed by atoms with Crippen molar-refractivity contribution in [2.24, 2.45) is 0 Å². The van der Waals surface area contributed by atoms with Gasteiger partial charge in [0.2, 0.25) is 0 Å². The van der Waals surface area contributed by atoms with E-state index in [1.165, 1.54) is 0 Å². The lowest BCUT2D eigenvalue weighted by atomic mass is 9.99. The van der Waals surface area contributed by atoms with E-state index in [1.807, 2.05) is 42.5 Å². The fourth-order valence-corrected chi connectivity index (χ4v) is 3.14. The van der Waals surface area contributed by atoms with Gasteiger partial charge in [-0.05, 0) is 23.3 Å². The van der Waals surface area contributed by atoms with E-state index >= 15 is 0 Å². The maximum Gasteiger partial charge on any atom is 0.140 e. The van der Waals surface area contributed by atoms with E-state index in [9.17, 15) is 0 Å². The van der Waals surface area contributed by atoms with Crippen molar-refractivity contribution in [2.45, 2.75) is 0 Å². The summed E-state index contributed by atoms with van der Waals surface area (Å²) in [7, 11) is 1.62. The molecule has 2 nitrogen and oxygen atoms in total. The number of ether oxygens (including phenoxy) is 1. The average Bonchev–Trinajstić information content (AvgIpc) is 2.94. The molecule has 0 saturated heterocycles. The summed E-state index contributed by atoms with van der Waals surface area (Å²) in [6, 6.07) is 20.0. The van der Waals surface area contributed by atoms with Gasteiger partial charge in [-0.25, -0.2) is 0 Å². The molecular weight excluding hydrogens is 296 g/mol. The van der Waals surface area contributed by atoms with Gasteiger partial charge in [0.15, 0.2) is 0 Å². The zero-order valence-electron chi connectivity index (χ0n) is 12.0. The second-order valence-corrected chi connectivity index (χ2v) is 5.54. The summed E-state index contributed by atoms with van der Waals surface area (Å²) in [6.45, 7) is 0. The number of hydrogen-bond acceptors (Lipinski definition) is 2. The van der Waals surface area contributed by atoms with E-state index in [2.05, 4.69) is 18.2 Å². The highest BCUT2D eigenvalue weighted by Crippen LogP contribution is 2.41. The monoisotopic (exact) mass is 308 g/mol. The SMILES string of the molecule is COc1cc(Cl)c2c(c1)oc1cccc(-c3ccccc3)c12. The molecule has 22 heavy (non-hydrogen) atoms. The minimum absolute atomic E-state index is 0.636. The fraction of sp³-hybridized carbons (Fsp3) is 0.0526. The molecule has 0 aliphatic rings. The van der Waals surface area contributed by atoms with Crippen molar-refractivity contribution in [1.29, 1.82) is 0 Å². The molecule has 4 rings (SSSR count). The second-order valence-electron chi connectivity index (χ2n) is 5.13. The number of methoxy groups -OCH3 is 1. The Labute approximate surface area is 132 Å². The Morgan fingerprint density at radius 3 is 2.45 bits per heavy atom. The molecule has 0 aliphatic carbocycles. The van der Waals surface area contributed by atoms with Crippen molar-refractivity contribution in [2.75, 3.05) is 7.11 Å². The molecule has 0 aliphatic heterocycles. The molecule has 3 heteroatoms.